The molecule has 0 radical (unpaired) electrons. The van der Waals surface area contributed by atoms with Gasteiger partial charge in [0.25, 0.3) is 0 Å². The minimum atomic E-state index is -0.155. The molecule has 2 aromatic rings. The van der Waals surface area contributed by atoms with Crippen molar-refractivity contribution in [1.29, 1.82) is 0 Å². The van der Waals surface area contributed by atoms with Gasteiger partial charge >= 0.3 is 6.09 Å². The number of ether oxygens (including phenoxy) is 1. The maximum atomic E-state index is 13.2. The second-order valence-corrected chi connectivity index (χ2v) is 8.02. The fourth-order valence-corrected chi connectivity index (χ4v) is 5.00. The molecule has 29 heavy (non-hydrogen) atoms. The molecule has 3 fully saturated rings. The van der Waals surface area contributed by atoms with Gasteiger partial charge < -0.3 is 4.74 Å². The lowest BCUT2D eigenvalue weighted by Gasteiger charge is -2.45. The number of piperidine rings is 3. The van der Waals surface area contributed by atoms with E-state index in [0.717, 1.165) is 44.5 Å². The number of carbonyl (C=O) groups is 1. The van der Waals surface area contributed by atoms with E-state index in [0.29, 0.717) is 12.5 Å². The monoisotopic (exact) mass is 392 g/mol. The van der Waals surface area contributed by atoms with Crippen molar-refractivity contribution >= 4 is 6.09 Å². The number of hydrogen-bond acceptors (Lipinski definition) is 3. The molecular weight excluding hydrogens is 360 g/mol. The largest absolute Gasteiger partial charge is 0.444 e. The summed E-state index contributed by atoms with van der Waals surface area (Å²) in [7, 11) is 0. The normalized spacial score (nSPS) is 27.4. The average Bonchev–Trinajstić information content (AvgIpc) is 2.81. The molecule has 1 amide bonds. The third-order valence-electron chi connectivity index (χ3n) is 6.48. The third-order valence-corrected chi connectivity index (χ3v) is 6.48. The van der Waals surface area contributed by atoms with Crippen LogP contribution in [0, 0.1) is 5.92 Å². The van der Waals surface area contributed by atoms with Gasteiger partial charge in [0, 0.05) is 13.1 Å². The molecule has 2 aromatic carbocycles. The molecule has 3 saturated heterocycles. The van der Waals surface area contributed by atoms with Crippen LogP contribution in [0.3, 0.4) is 0 Å². The molecule has 0 aromatic heterocycles. The van der Waals surface area contributed by atoms with Crippen LogP contribution in [0.15, 0.2) is 54.6 Å². The predicted octanol–water partition coefficient (Wildman–Crippen LogP) is 4.89. The highest BCUT2D eigenvalue weighted by molar-refractivity contribution is 5.70. The van der Waals surface area contributed by atoms with E-state index in [1.807, 2.05) is 36.9 Å². The van der Waals surface area contributed by atoms with E-state index in [4.69, 9.17) is 4.74 Å². The second-order valence-electron chi connectivity index (χ2n) is 8.02. The lowest BCUT2D eigenvalue weighted by atomic mass is 9.86. The molecule has 4 nitrogen and oxygen atoms in total. The Balaban J connectivity index is 0.000000994. The Morgan fingerprint density at radius 2 is 1.62 bits per heavy atom. The van der Waals surface area contributed by atoms with Crippen LogP contribution in [0.4, 0.5) is 4.79 Å². The second kappa shape index (κ2) is 9.00. The molecule has 0 spiro atoms. The molecule has 2 atom stereocenters. The summed E-state index contributed by atoms with van der Waals surface area (Å²) in [5.41, 5.74) is 3.70. The smallest absolute Gasteiger partial charge is 0.410 e. The van der Waals surface area contributed by atoms with Gasteiger partial charge in [0.2, 0.25) is 0 Å². The molecule has 2 bridgehead atoms. The number of fused-ring (bicyclic) bond motifs is 4. The third kappa shape index (κ3) is 4.04. The highest BCUT2D eigenvalue weighted by Crippen LogP contribution is 2.36. The number of amides is 1. The van der Waals surface area contributed by atoms with Gasteiger partial charge in [-0.1, -0.05) is 68.4 Å². The number of nitrogens with zero attached hydrogens (tertiary/aromatic N) is 2. The maximum Gasteiger partial charge on any atom is 0.410 e. The van der Waals surface area contributed by atoms with E-state index < -0.39 is 0 Å². The molecule has 2 unspecified atom stereocenters. The predicted molar refractivity (Wildman–Crippen MR) is 116 cm³/mol. The summed E-state index contributed by atoms with van der Waals surface area (Å²) in [6.45, 7) is 7.91. The number of benzene rings is 2. The summed E-state index contributed by atoms with van der Waals surface area (Å²) in [4.78, 5) is 17.6. The van der Waals surface area contributed by atoms with Crippen LogP contribution < -0.4 is 0 Å². The van der Waals surface area contributed by atoms with Crippen molar-refractivity contribution in [3.8, 4) is 0 Å². The van der Waals surface area contributed by atoms with Gasteiger partial charge in [0.1, 0.15) is 6.10 Å². The van der Waals surface area contributed by atoms with Crippen LogP contribution in [0.2, 0.25) is 0 Å². The first-order chi connectivity index (χ1) is 14.3. The topological polar surface area (TPSA) is 32.8 Å². The number of carbonyl (C=O) groups excluding carboxylic acids is 1. The van der Waals surface area contributed by atoms with Gasteiger partial charge in [-0.3, -0.25) is 9.80 Å². The SMILES string of the molecule is CC.O=C(OC1CN2CCC1CC2)N1CCc2ccccc2C1c1ccccc1. The lowest BCUT2D eigenvalue weighted by molar-refractivity contribution is -0.0462. The van der Waals surface area contributed by atoms with E-state index in [1.54, 1.807) is 0 Å². The minimum absolute atomic E-state index is 0.0496. The molecule has 0 aliphatic carbocycles. The number of rotatable bonds is 2. The quantitative estimate of drug-likeness (QED) is 0.729. The average molecular weight is 393 g/mol. The molecule has 4 aliphatic rings. The van der Waals surface area contributed by atoms with Gasteiger partial charge in [-0.2, -0.15) is 0 Å². The Kier molecular flexibility index (Phi) is 6.19. The molecule has 6 rings (SSSR count). The van der Waals surface area contributed by atoms with Gasteiger partial charge in [-0.25, -0.2) is 4.79 Å². The van der Waals surface area contributed by atoms with Gasteiger partial charge in [-0.15, -0.1) is 0 Å². The Labute approximate surface area is 174 Å². The van der Waals surface area contributed by atoms with Crippen LogP contribution in [-0.4, -0.2) is 48.2 Å². The molecule has 0 saturated carbocycles. The van der Waals surface area contributed by atoms with Crippen molar-refractivity contribution in [1.82, 2.24) is 9.80 Å². The summed E-state index contributed by atoms with van der Waals surface area (Å²) < 4.78 is 6.08. The Bertz CT molecular complexity index is 815. The van der Waals surface area contributed by atoms with Gasteiger partial charge in [-0.05, 0) is 55.0 Å². The van der Waals surface area contributed by atoms with Gasteiger partial charge in [0.15, 0.2) is 0 Å². The van der Waals surface area contributed by atoms with Crippen molar-refractivity contribution in [2.24, 2.45) is 5.92 Å². The Morgan fingerprint density at radius 1 is 0.931 bits per heavy atom. The van der Waals surface area contributed by atoms with Crippen LogP contribution in [0.25, 0.3) is 0 Å². The zero-order valence-electron chi connectivity index (χ0n) is 17.6. The lowest BCUT2D eigenvalue weighted by Crippen LogP contribution is -2.53. The molecule has 4 heteroatoms. The number of hydrogen-bond donors (Lipinski definition) is 0. The molecular formula is C25H32N2O2. The van der Waals surface area contributed by atoms with Gasteiger partial charge in [0.05, 0.1) is 6.04 Å². The van der Waals surface area contributed by atoms with E-state index in [9.17, 15) is 4.79 Å². The highest BCUT2D eigenvalue weighted by atomic mass is 16.6. The standard InChI is InChI=1S/C23H26N2O2.C2H6/c26-23(27-21-16-24-13-10-18(21)11-14-24)25-15-12-17-6-4-5-9-20(17)22(25)19-7-2-1-3-8-19;1-2/h1-9,18,21-22H,10-16H2;1-2H3. The van der Waals surface area contributed by atoms with Crippen molar-refractivity contribution in [2.75, 3.05) is 26.2 Å². The van der Waals surface area contributed by atoms with E-state index in [1.165, 1.54) is 11.1 Å². The summed E-state index contributed by atoms with van der Waals surface area (Å²) in [6.07, 6.45) is 3.09. The molecule has 0 N–H and O–H groups in total. The maximum absolute atomic E-state index is 13.2. The van der Waals surface area contributed by atoms with Crippen molar-refractivity contribution in [3.63, 3.8) is 0 Å². The fraction of sp³-hybridized carbons (Fsp3) is 0.480. The van der Waals surface area contributed by atoms with Crippen LogP contribution >= 0.6 is 0 Å². The summed E-state index contributed by atoms with van der Waals surface area (Å²) in [6, 6.07) is 18.8. The first-order valence-corrected chi connectivity index (χ1v) is 11.1. The summed E-state index contributed by atoms with van der Waals surface area (Å²) >= 11 is 0. The minimum Gasteiger partial charge on any atom is -0.444 e. The van der Waals surface area contributed by atoms with Crippen LogP contribution in [0.5, 0.6) is 0 Å². The molecule has 4 heterocycles. The van der Waals surface area contributed by atoms with E-state index >= 15 is 0 Å². The van der Waals surface area contributed by atoms with Crippen molar-refractivity contribution in [2.45, 2.75) is 45.3 Å². The van der Waals surface area contributed by atoms with E-state index in [2.05, 4.69) is 41.3 Å². The van der Waals surface area contributed by atoms with Crippen molar-refractivity contribution < 1.29 is 9.53 Å². The summed E-state index contributed by atoms with van der Waals surface area (Å²) in [5.74, 6) is 0.534. The first-order valence-electron chi connectivity index (χ1n) is 11.1. The molecule has 154 valence electrons. The Morgan fingerprint density at radius 3 is 2.31 bits per heavy atom. The summed E-state index contributed by atoms with van der Waals surface area (Å²) in [5, 5.41) is 0. The van der Waals surface area contributed by atoms with Crippen LogP contribution in [0.1, 0.15) is 49.4 Å². The highest BCUT2D eigenvalue weighted by Gasteiger charge is 2.39. The van der Waals surface area contributed by atoms with Crippen molar-refractivity contribution in [3.05, 3.63) is 71.3 Å². The van der Waals surface area contributed by atoms with Crippen LogP contribution in [-0.2, 0) is 11.2 Å². The zero-order chi connectivity index (χ0) is 20.2. The zero-order valence-corrected chi connectivity index (χ0v) is 17.6. The molecule has 4 aliphatic heterocycles. The first kappa shape index (κ1) is 20.0. The Hall–Kier alpha value is -2.33. The fourth-order valence-electron chi connectivity index (χ4n) is 5.00. The van der Waals surface area contributed by atoms with E-state index in [-0.39, 0.29) is 18.2 Å².